The van der Waals surface area contributed by atoms with E-state index in [4.69, 9.17) is 11.6 Å². The molecule has 0 spiro atoms. The Balaban J connectivity index is 1.96. The maximum Gasteiger partial charge on any atom is 0.0623 e. The molecule has 0 radical (unpaired) electrons. The van der Waals surface area contributed by atoms with Crippen LogP contribution in [0.15, 0.2) is 42.6 Å². The summed E-state index contributed by atoms with van der Waals surface area (Å²) in [6, 6.07) is 12.4. The highest BCUT2D eigenvalue weighted by atomic mass is 35.5. The van der Waals surface area contributed by atoms with E-state index in [-0.39, 0.29) is 0 Å². The first kappa shape index (κ1) is 12.9. The summed E-state index contributed by atoms with van der Waals surface area (Å²) in [5.41, 5.74) is 4.68. The smallest absolute Gasteiger partial charge is 0.0623 e. The molecule has 1 heterocycles. The molecule has 0 fully saturated rings. The minimum atomic E-state index is 0.667. The Hall–Kier alpha value is -1.54. The van der Waals surface area contributed by atoms with Gasteiger partial charge in [-0.05, 0) is 42.7 Å². The highest BCUT2D eigenvalue weighted by Crippen LogP contribution is 2.12. The van der Waals surface area contributed by atoms with E-state index >= 15 is 0 Å². The van der Waals surface area contributed by atoms with Crippen LogP contribution in [-0.2, 0) is 13.0 Å². The summed E-state index contributed by atoms with van der Waals surface area (Å²) in [6.07, 6.45) is 2.74. The molecule has 3 heteroatoms. The van der Waals surface area contributed by atoms with Crippen LogP contribution in [0.3, 0.4) is 0 Å². The van der Waals surface area contributed by atoms with Crippen LogP contribution in [0.4, 0.5) is 5.69 Å². The number of nitrogens with zero attached hydrogens (tertiary/aromatic N) is 1. The fourth-order valence-corrected chi connectivity index (χ4v) is 2.01. The van der Waals surface area contributed by atoms with E-state index in [1.165, 1.54) is 11.1 Å². The van der Waals surface area contributed by atoms with E-state index in [2.05, 4.69) is 47.6 Å². The SMILES string of the molecule is Cc1cccnc1CNc1ccc(CCCl)cc1. The average molecular weight is 261 g/mol. The van der Waals surface area contributed by atoms with Gasteiger partial charge in [-0.3, -0.25) is 4.98 Å². The van der Waals surface area contributed by atoms with Gasteiger partial charge in [0.1, 0.15) is 0 Å². The Kier molecular flexibility index (Phi) is 4.59. The van der Waals surface area contributed by atoms with E-state index in [9.17, 15) is 0 Å². The molecule has 1 N–H and O–H groups in total. The molecule has 0 aliphatic heterocycles. The standard InChI is InChI=1S/C15H17ClN2/c1-12-3-2-10-17-15(12)11-18-14-6-4-13(5-7-14)8-9-16/h2-7,10,18H,8-9,11H2,1H3. The Morgan fingerprint density at radius 3 is 2.61 bits per heavy atom. The van der Waals surface area contributed by atoms with Crippen molar-refractivity contribution in [3.63, 3.8) is 0 Å². The van der Waals surface area contributed by atoms with Crippen molar-refractivity contribution < 1.29 is 0 Å². The van der Waals surface area contributed by atoms with Gasteiger partial charge in [-0.2, -0.15) is 0 Å². The maximum atomic E-state index is 5.71. The summed E-state index contributed by atoms with van der Waals surface area (Å²) in [6.45, 7) is 2.83. The molecule has 0 saturated heterocycles. The Bertz CT molecular complexity index is 494. The number of aryl methyl sites for hydroxylation is 2. The summed E-state index contributed by atoms with van der Waals surface area (Å²) in [4.78, 5) is 4.36. The third kappa shape index (κ3) is 3.47. The number of hydrogen-bond acceptors (Lipinski definition) is 2. The van der Waals surface area contributed by atoms with Crippen LogP contribution in [0.2, 0.25) is 0 Å². The second kappa shape index (κ2) is 6.41. The summed E-state index contributed by atoms with van der Waals surface area (Å²) in [5.74, 6) is 0.667. The molecular formula is C15H17ClN2. The fourth-order valence-electron chi connectivity index (χ4n) is 1.79. The van der Waals surface area contributed by atoms with Gasteiger partial charge in [-0.25, -0.2) is 0 Å². The van der Waals surface area contributed by atoms with E-state index in [1.807, 2.05) is 12.3 Å². The second-order valence-corrected chi connectivity index (χ2v) is 4.63. The van der Waals surface area contributed by atoms with Crippen molar-refractivity contribution >= 4 is 17.3 Å². The third-order valence-corrected chi connectivity index (χ3v) is 3.10. The lowest BCUT2D eigenvalue weighted by Crippen LogP contribution is -2.03. The number of benzene rings is 1. The summed E-state index contributed by atoms with van der Waals surface area (Å²) < 4.78 is 0. The highest BCUT2D eigenvalue weighted by Gasteiger charge is 1.99. The van der Waals surface area contributed by atoms with Crippen LogP contribution in [0.1, 0.15) is 16.8 Å². The first-order valence-electron chi connectivity index (χ1n) is 6.09. The number of nitrogens with one attached hydrogen (secondary N) is 1. The van der Waals surface area contributed by atoms with E-state index < -0.39 is 0 Å². The van der Waals surface area contributed by atoms with Crippen molar-refractivity contribution in [1.82, 2.24) is 4.98 Å². The van der Waals surface area contributed by atoms with Crippen LogP contribution < -0.4 is 5.32 Å². The first-order valence-corrected chi connectivity index (χ1v) is 6.62. The largest absolute Gasteiger partial charge is 0.379 e. The molecular weight excluding hydrogens is 244 g/mol. The molecule has 0 aliphatic carbocycles. The number of anilines is 1. The number of rotatable bonds is 5. The number of aromatic nitrogens is 1. The minimum absolute atomic E-state index is 0.667. The van der Waals surface area contributed by atoms with Gasteiger partial charge in [0.15, 0.2) is 0 Å². The third-order valence-electron chi connectivity index (χ3n) is 2.91. The van der Waals surface area contributed by atoms with Gasteiger partial charge in [-0.15, -0.1) is 11.6 Å². The van der Waals surface area contributed by atoms with Gasteiger partial charge < -0.3 is 5.32 Å². The number of hydrogen-bond donors (Lipinski definition) is 1. The number of halogens is 1. The van der Waals surface area contributed by atoms with Crippen LogP contribution in [0.5, 0.6) is 0 Å². The predicted octanol–water partition coefficient (Wildman–Crippen LogP) is 3.78. The van der Waals surface area contributed by atoms with Gasteiger partial charge in [0, 0.05) is 17.8 Å². The molecule has 0 saturated carbocycles. The van der Waals surface area contributed by atoms with Gasteiger partial charge in [0.25, 0.3) is 0 Å². The molecule has 2 rings (SSSR count). The molecule has 18 heavy (non-hydrogen) atoms. The lowest BCUT2D eigenvalue weighted by Gasteiger charge is -2.08. The van der Waals surface area contributed by atoms with Crippen LogP contribution in [0.25, 0.3) is 0 Å². The molecule has 94 valence electrons. The summed E-state index contributed by atoms with van der Waals surface area (Å²) >= 11 is 5.71. The molecule has 0 amide bonds. The van der Waals surface area contributed by atoms with Crippen LogP contribution >= 0.6 is 11.6 Å². The van der Waals surface area contributed by atoms with Gasteiger partial charge in [-0.1, -0.05) is 18.2 Å². The van der Waals surface area contributed by atoms with Crippen LogP contribution in [0, 0.1) is 6.92 Å². The minimum Gasteiger partial charge on any atom is -0.379 e. The fraction of sp³-hybridized carbons (Fsp3) is 0.267. The lowest BCUT2D eigenvalue weighted by molar-refractivity contribution is 1.02. The molecule has 1 aromatic heterocycles. The maximum absolute atomic E-state index is 5.71. The number of alkyl halides is 1. The zero-order valence-corrected chi connectivity index (χ0v) is 11.2. The van der Waals surface area contributed by atoms with Gasteiger partial charge in [0.05, 0.1) is 12.2 Å². The zero-order valence-electron chi connectivity index (χ0n) is 10.5. The second-order valence-electron chi connectivity index (χ2n) is 4.26. The van der Waals surface area contributed by atoms with E-state index in [0.717, 1.165) is 24.3 Å². The molecule has 0 atom stereocenters. The Morgan fingerprint density at radius 1 is 1.17 bits per heavy atom. The summed E-state index contributed by atoms with van der Waals surface area (Å²) in [5, 5.41) is 3.38. The molecule has 0 aliphatic rings. The van der Waals surface area contributed by atoms with Crippen molar-refractivity contribution in [2.45, 2.75) is 19.9 Å². The van der Waals surface area contributed by atoms with Crippen molar-refractivity contribution in [3.05, 3.63) is 59.4 Å². The monoisotopic (exact) mass is 260 g/mol. The Morgan fingerprint density at radius 2 is 1.94 bits per heavy atom. The summed E-state index contributed by atoms with van der Waals surface area (Å²) in [7, 11) is 0. The predicted molar refractivity (Wildman–Crippen MR) is 77.2 cm³/mol. The quantitative estimate of drug-likeness (QED) is 0.828. The van der Waals surface area contributed by atoms with Crippen molar-refractivity contribution in [2.75, 3.05) is 11.2 Å². The van der Waals surface area contributed by atoms with Crippen molar-refractivity contribution in [2.24, 2.45) is 0 Å². The zero-order chi connectivity index (χ0) is 12.8. The number of pyridine rings is 1. The molecule has 0 unspecified atom stereocenters. The first-order chi connectivity index (χ1) is 8.79. The molecule has 2 nitrogen and oxygen atoms in total. The van der Waals surface area contributed by atoms with E-state index in [1.54, 1.807) is 0 Å². The lowest BCUT2D eigenvalue weighted by atomic mass is 10.1. The molecule has 0 bridgehead atoms. The van der Waals surface area contributed by atoms with Crippen molar-refractivity contribution in [3.8, 4) is 0 Å². The normalized spacial score (nSPS) is 10.3. The van der Waals surface area contributed by atoms with Crippen LogP contribution in [-0.4, -0.2) is 10.9 Å². The molecule has 2 aromatic rings. The highest BCUT2D eigenvalue weighted by molar-refractivity contribution is 6.17. The average Bonchev–Trinajstić information content (AvgIpc) is 2.40. The van der Waals surface area contributed by atoms with Gasteiger partial charge in [0.2, 0.25) is 0 Å². The topological polar surface area (TPSA) is 24.9 Å². The Labute approximate surface area is 113 Å². The van der Waals surface area contributed by atoms with E-state index in [0.29, 0.717) is 5.88 Å². The van der Waals surface area contributed by atoms with Crippen molar-refractivity contribution in [1.29, 1.82) is 0 Å². The molecule has 1 aromatic carbocycles. The van der Waals surface area contributed by atoms with Gasteiger partial charge >= 0.3 is 0 Å².